The van der Waals surface area contributed by atoms with E-state index >= 15 is 0 Å². The SMILES string of the molecule is [2H]/C(=C\C(=O)Cc1cc2c(Nc3c([2H])c([2H])c(F)c(C)c3[2H])c(C#N)cnc2cc1OC([2H])([2H])C([2H])([2H])[2H])CN(C)C.[2H]/C(=C\C(=O)Cc1cc2c(Nc3c([2H])c([2H])c(F)c(C)c3[2H])c(C#N)cnc2cc1OC([2H])([2H])C)C([2H])([2H])N(C)C.[2H]/C(=C\C(=O)Cc1cc2c(Nc3c([2H])c([2H])c(F)c(C)c3[2H])c(C#N)cnc2cc1OC([2H])([2H])C)CN(C)C.[2H]/C(=C\C(=O)Cc1cc2c(Nc3c([2H])c([2H])c(F)c(C)c3[2H])c(C#N)cnc2cc1OCC)C([2H])([2H])N(C)C. The van der Waals surface area contributed by atoms with Gasteiger partial charge in [0.1, 0.15) is 70.5 Å². The predicted molar refractivity (Wildman–Crippen MR) is 514 cm³/mol. The first-order chi connectivity index (χ1) is 74.6. The lowest BCUT2D eigenvalue weighted by atomic mass is 10.0. The fourth-order valence-corrected chi connectivity index (χ4v) is 12.2. The van der Waals surface area contributed by atoms with Crippen molar-refractivity contribution in [1.29, 1.82) is 21.0 Å². The highest BCUT2D eigenvalue weighted by atomic mass is 19.1. The van der Waals surface area contributed by atoms with Gasteiger partial charge in [-0.2, -0.15) is 21.0 Å². The Morgan fingerprint density at radius 2 is 0.644 bits per heavy atom. The second-order valence-electron chi connectivity index (χ2n) is 29.4. The van der Waals surface area contributed by atoms with Crippen LogP contribution in [0.15, 0.2) is 194 Å². The molecular formula is C104H108F4N16O8. The first kappa shape index (κ1) is 66.3. The normalized spacial score (nSPS) is 15.3. The number of halogens is 4. The minimum Gasteiger partial charge on any atom is -0.494 e. The Morgan fingerprint density at radius 1 is 0.394 bits per heavy atom. The molecule has 0 fully saturated rings. The zero-order chi connectivity index (χ0) is 121. The molecule has 0 amide bonds. The van der Waals surface area contributed by atoms with Gasteiger partial charge in [-0.1, -0.05) is 24.2 Å². The second kappa shape index (κ2) is 48.9. The van der Waals surface area contributed by atoms with Crippen LogP contribution in [-0.2, 0) is 44.9 Å². The van der Waals surface area contributed by atoms with Gasteiger partial charge in [-0.25, -0.2) is 17.6 Å². The average molecular weight is 1820 g/mol. The molecule has 0 radical (unpaired) electrons. The van der Waals surface area contributed by atoms with E-state index < -0.39 is 171 Å². The Morgan fingerprint density at radius 3 is 0.871 bits per heavy atom. The zero-order valence-electron chi connectivity index (χ0n) is 103. The highest BCUT2D eigenvalue weighted by molar-refractivity contribution is 6.03. The smallest absolute Gasteiger partial charge is 0.159 e. The van der Waals surface area contributed by atoms with Gasteiger partial charge in [0.15, 0.2) is 23.1 Å². The lowest BCUT2D eigenvalue weighted by molar-refractivity contribution is -0.114. The van der Waals surface area contributed by atoms with E-state index in [4.69, 9.17) is 58.7 Å². The van der Waals surface area contributed by atoms with Crippen LogP contribution in [0.4, 0.5) is 63.1 Å². The molecule has 0 spiro atoms. The number of ether oxygens (including phenoxy) is 4. The van der Waals surface area contributed by atoms with Crippen molar-refractivity contribution >= 4 is 112 Å². The number of nitrogens with zero attached hydrogens (tertiary/aromatic N) is 12. The van der Waals surface area contributed by atoms with E-state index in [0.29, 0.717) is 22.2 Å². The number of carbonyl (C=O) groups is 4. The molecule has 8 aromatic carbocycles. The number of hydrogen-bond donors (Lipinski definition) is 4. The third-order valence-electron chi connectivity index (χ3n) is 18.2. The number of hydrogen-bond acceptors (Lipinski definition) is 24. The molecule has 12 rings (SSSR count). The molecule has 0 aliphatic carbocycles. The number of likely N-dealkylation sites (N-methyl/N-ethyl adjacent to an activating group) is 4. The summed E-state index contributed by atoms with van der Waals surface area (Å²) in [5, 5.41) is 51.3. The monoisotopic (exact) mass is 1810 g/mol. The molecule has 0 saturated heterocycles. The molecule has 0 unspecified atom stereocenters. The summed E-state index contributed by atoms with van der Waals surface area (Å²) in [6.45, 7) is -5.05. The minimum atomic E-state index is -3.20. The molecule has 0 bridgehead atoms. The Hall–Kier alpha value is -15.0. The fraction of sp³-hybridized carbons (Fsp3) is 0.269. The van der Waals surface area contributed by atoms with Crippen LogP contribution < -0.4 is 40.2 Å². The number of allylic oxidation sites excluding steroid dienone is 4. The van der Waals surface area contributed by atoms with Gasteiger partial charge in [0.25, 0.3) is 0 Å². The summed E-state index contributed by atoms with van der Waals surface area (Å²) in [4.78, 5) is 74.1. The van der Waals surface area contributed by atoms with E-state index in [2.05, 4.69) is 41.2 Å². The summed E-state index contributed by atoms with van der Waals surface area (Å²) >= 11 is 0. The van der Waals surface area contributed by atoms with Gasteiger partial charge in [-0.3, -0.25) is 39.1 Å². The van der Waals surface area contributed by atoms with E-state index in [1.54, 1.807) is 57.0 Å². The van der Waals surface area contributed by atoms with E-state index in [-0.39, 0.29) is 213 Å². The number of fused-ring (bicyclic) bond motifs is 4. The topological polar surface area (TPSA) is 313 Å². The molecule has 12 aromatic rings. The highest BCUT2D eigenvalue weighted by Gasteiger charge is 2.23. The van der Waals surface area contributed by atoms with Crippen molar-refractivity contribution in [3.05, 3.63) is 284 Å². The maximum Gasteiger partial charge on any atom is 0.159 e. The number of anilines is 8. The average Bonchev–Trinajstić information content (AvgIpc) is 0.768. The Balaban J connectivity index is 0.000000237. The van der Waals surface area contributed by atoms with Gasteiger partial charge in [0, 0.05) is 177 Å². The van der Waals surface area contributed by atoms with Crippen LogP contribution in [-0.4, -0.2) is 171 Å². The van der Waals surface area contributed by atoms with Gasteiger partial charge in [0.05, 0.1) is 124 Å². The van der Waals surface area contributed by atoms with Crippen molar-refractivity contribution in [1.82, 2.24) is 39.5 Å². The Bertz CT molecular complexity index is 8070. The third kappa shape index (κ3) is 28.5. The van der Waals surface area contributed by atoms with Gasteiger partial charge >= 0.3 is 0 Å². The molecule has 4 N–H and O–H groups in total. The lowest BCUT2D eigenvalue weighted by Crippen LogP contribution is -2.11. The van der Waals surface area contributed by atoms with Crippen LogP contribution in [0.3, 0.4) is 0 Å². The summed E-state index contributed by atoms with van der Waals surface area (Å²) in [6, 6.07) is 11.3. The van der Waals surface area contributed by atoms with Crippen LogP contribution >= 0.6 is 0 Å². The van der Waals surface area contributed by atoms with Crippen molar-refractivity contribution < 1.29 is 95.4 Å². The number of pyridine rings is 4. The highest BCUT2D eigenvalue weighted by Crippen LogP contribution is 2.40. The van der Waals surface area contributed by atoms with Crippen LogP contribution in [0.1, 0.15) is 134 Å². The first-order valence-electron chi connectivity index (χ1n) is 54.3. The molecule has 680 valence electrons. The maximum absolute atomic E-state index is 14.3. The Labute approximate surface area is 808 Å². The number of ketones is 4. The van der Waals surface area contributed by atoms with Gasteiger partial charge < -0.3 is 59.8 Å². The molecule has 0 atom stereocenters. The van der Waals surface area contributed by atoms with Gasteiger partial charge in [0.2, 0.25) is 0 Å². The van der Waals surface area contributed by atoms with Gasteiger partial charge in [-0.05, 0) is 255 Å². The second-order valence-corrected chi connectivity index (χ2v) is 29.4. The number of aromatic nitrogens is 4. The fourth-order valence-electron chi connectivity index (χ4n) is 12.2. The largest absolute Gasteiger partial charge is 0.494 e. The third-order valence-corrected chi connectivity index (χ3v) is 18.2. The van der Waals surface area contributed by atoms with E-state index in [1.165, 1.54) is 129 Å². The molecule has 28 heteroatoms. The molecule has 0 aliphatic rings. The number of nitrogens with one attached hydrogen (secondary N) is 4. The number of benzene rings is 8. The number of nitriles is 4. The number of rotatable bonds is 36. The standard InChI is InChI=1S/4C26H27FN4O2/c4*1-5-33-25-14-24-22(13-18(25)12-21(32)7-6-10-31(3)4)26(19(15-28)16-29-24)30-20-8-9-23(27)17(2)11-20/h4*6-9,11,13-14,16H,5,10,12H2,1-4H3,(H,29,30)/b4*7-6+/i5D2,6D,8D,9D,10D2,11D;1D3,5D2,6D,8D,9D,11D;6D,8D,9D,10D2,11D;5D2,6D,8D,9D,11D. The zero-order valence-corrected chi connectivity index (χ0v) is 74.3. The lowest BCUT2D eigenvalue weighted by Gasteiger charge is -2.15. The molecule has 4 aromatic heterocycles. The molecular weight excluding hydrogens is 1680 g/mol. The quantitative estimate of drug-likeness (QED) is 0.0209. The maximum atomic E-state index is 14.3. The van der Waals surface area contributed by atoms with Crippen LogP contribution in [0.25, 0.3) is 43.6 Å². The van der Waals surface area contributed by atoms with Crippen molar-refractivity contribution in [3.8, 4) is 47.3 Å². The molecule has 4 heterocycles. The summed E-state index contributed by atoms with van der Waals surface area (Å²) < 4.78 is 310. The van der Waals surface area contributed by atoms with Gasteiger partial charge in [-0.15, -0.1) is 0 Å². The molecule has 132 heavy (non-hydrogen) atoms. The van der Waals surface area contributed by atoms with E-state index in [1.807, 2.05) is 24.3 Å². The van der Waals surface area contributed by atoms with E-state index in [0.717, 1.165) is 36.2 Å². The number of carbonyl (C=O) groups excluding carboxylic acids is 4. The summed E-state index contributed by atoms with van der Waals surface area (Å²) in [7, 11) is 12.7. The van der Waals surface area contributed by atoms with E-state index in [9.17, 15) is 57.8 Å². The van der Waals surface area contributed by atoms with Crippen LogP contribution in [0.5, 0.6) is 23.0 Å². The van der Waals surface area contributed by atoms with Crippen LogP contribution in [0, 0.1) is 96.3 Å². The van der Waals surface area contributed by atoms with Crippen molar-refractivity contribution in [2.75, 3.05) is 130 Å². The predicted octanol–water partition coefficient (Wildman–Crippen LogP) is 19.7. The minimum absolute atomic E-state index is 0.00156. The van der Waals surface area contributed by atoms with Crippen molar-refractivity contribution in [3.63, 3.8) is 0 Å². The summed E-state index contributed by atoms with van der Waals surface area (Å²) in [5.41, 5.74) is 0.397. The first-order valence-corrected chi connectivity index (χ1v) is 39.8. The molecule has 0 saturated carbocycles. The van der Waals surface area contributed by atoms with Crippen LogP contribution in [0.2, 0.25) is 0 Å². The summed E-state index contributed by atoms with van der Waals surface area (Å²) in [6.07, 6.45) is 7.45. The molecule has 0 aliphatic heterocycles. The van der Waals surface area contributed by atoms with Crippen molar-refractivity contribution in [2.24, 2.45) is 0 Å². The Kier molecular flexibility index (Phi) is 24.6. The molecule has 24 nitrogen and oxygen atoms in total. The van der Waals surface area contributed by atoms with Crippen molar-refractivity contribution in [2.45, 2.75) is 81.0 Å². The summed E-state index contributed by atoms with van der Waals surface area (Å²) in [5.74, 6) is -6.27.